The van der Waals surface area contributed by atoms with Gasteiger partial charge in [0, 0.05) is 25.3 Å². The van der Waals surface area contributed by atoms with E-state index in [2.05, 4.69) is 36.9 Å². The van der Waals surface area contributed by atoms with Gasteiger partial charge in [0.2, 0.25) is 0 Å². The molecule has 0 aromatic heterocycles. The van der Waals surface area contributed by atoms with Gasteiger partial charge in [-0.05, 0) is 42.9 Å². The standard InChI is InChI=1S/C14H22N2/c1-11-5-7-16(8-6-11)14-9-13(10-15)4-3-12(14)2/h3-4,9,11H,5-8,10,15H2,1-2H3. The average molecular weight is 218 g/mol. The first kappa shape index (κ1) is 11.5. The van der Waals surface area contributed by atoms with E-state index in [1.165, 1.54) is 42.7 Å². The Morgan fingerprint density at radius 2 is 2.00 bits per heavy atom. The zero-order valence-corrected chi connectivity index (χ0v) is 10.4. The van der Waals surface area contributed by atoms with Gasteiger partial charge >= 0.3 is 0 Å². The van der Waals surface area contributed by atoms with Crippen LogP contribution in [0.4, 0.5) is 5.69 Å². The second kappa shape index (κ2) is 4.88. The quantitative estimate of drug-likeness (QED) is 0.827. The molecule has 1 aliphatic heterocycles. The summed E-state index contributed by atoms with van der Waals surface area (Å²) in [5.41, 5.74) is 9.69. The first-order valence-electron chi connectivity index (χ1n) is 6.25. The van der Waals surface area contributed by atoms with Gasteiger partial charge in [0.15, 0.2) is 0 Å². The Morgan fingerprint density at radius 1 is 1.31 bits per heavy atom. The Labute approximate surface area is 98.4 Å². The Bertz CT molecular complexity index is 352. The molecule has 0 saturated carbocycles. The van der Waals surface area contributed by atoms with Gasteiger partial charge in [0.05, 0.1) is 0 Å². The monoisotopic (exact) mass is 218 g/mol. The third kappa shape index (κ3) is 2.38. The van der Waals surface area contributed by atoms with Crippen LogP contribution in [0.15, 0.2) is 18.2 Å². The number of nitrogens with zero attached hydrogens (tertiary/aromatic N) is 1. The van der Waals surface area contributed by atoms with E-state index in [0.29, 0.717) is 6.54 Å². The fourth-order valence-electron chi connectivity index (χ4n) is 2.37. The van der Waals surface area contributed by atoms with Crippen molar-refractivity contribution in [2.45, 2.75) is 33.2 Å². The summed E-state index contributed by atoms with van der Waals surface area (Å²) >= 11 is 0. The molecule has 0 aliphatic carbocycles. The van der Waals surface area contributed by atoms with Crippen molar-refractivity contribution in [2.24, 2.45) is 11.7 Å². The first-order chi connectivity index (χ1) is 7.70. The summed E-state index contributed by atoms with van der Waals surface area (Å²) in [6.45, 7) is 7.55. The third-order valence-electron chi connectivity index (χ3n) is 3.63. The van der Waals surface area contributed by atoms with Gasteiger partial charge in [-0.15, -0.1) is 0 Å². The number of nitrogens with two attached hydrogens (primary N) is 1. The zero-order chi connectivity index (χ0) is 11.5. The maximum atomic E-state index is 5.70. The fourth-order valence-corrected chi connectivity index (χ4v) is 2.37. The molecule has 1 aromatic carbocycles. The number of benzene rings is 1. The predicted molar refractivity (Wildman–Crippen MR) is 69.7 cm³/mol. The van der Waals surface area contributed by atoms with E-state index in [1.54, 1.807) is 0 Å². The maximum absolute atomic E-state index is 5.70. The molecule has 0 unspecified atom stereocenters. The summed E-state index contributed by atoms with van der Waals surface area (Å²) in [5.74, 6) is 0.884. The topological polar surface area (TPSA) is 29.3 Å². The molecule has 1 aromatic rings. The molecule has 2 heteroatoms. The second-order valence-electron chi connectivity index (χ2n) is 4.99. The molecule has 1 aliphatic rings. The lowest BCUT2D eigenvalue weighted by atomic mass is 9.98. The van der Waals surface area contributed by atoms with Crippen LogP contribution in [0.3, 0.4) is 0 Å². The molecule has 2 N–H and O–H groups in total. The molecule has 0 atom stereocenters. The molecule has 0 amide bonds. The van der Waals surface area contributed by atoms with Gasteiger partial charge in [0.25, 0.3) is 0 Å². The van der Waals surface area contributed by atoms with Gasteiger partial charge in [-0.2, -0.15) is 0 Å². The normalized spacial score (nSPS) is 17.8. The zero-order valence-electron chi connectivity index (χ0n) is 10.4. The Kier molecular flexibility index (Phi) is 3.49. The molecule has 2 rings (SSSR count). The van der Waals surface area contributed by atoms with E-state index in [0.717, 1.165) is 5.92 Å². The number of piperidine rings is 1. The Morgan fingerprint density at radius 3 is 2.62 bits per heavy atom. The highest BCUT2D eigenvalue weighted by molar-refractivity contribution is 5.55. The molecule has 0 spiro atoms. The number of anilines is 1. The van der Waals surface area contributed by atoms with Gasteiger partial charge < -0.3 is 10.6 Å². The van der Waals surface area contributed by atoms with Crippen LogP contribution in [0.2, 0.25) is 0 Å². The molecule has 1 fully saturated rings. The highest BCUT2D eigenvalue weighted by Gasteiger charge is 2.17. The molecule has 1 saturated heterocycles. The van der Waals surface area contributed by atoms with E-state index in [-0.39, 0.29) is 0 Å². The summed E-state index contributed by atoms with van der Waals surface area (Å²) < 4.78 is 0. The molecule has 16 heavy (non-hydrogen) atoms. The van der Waals surface area contributed by atoms with E-state index in [9.17, 15) is 0 Å². The van der Waals surface area contributed by atoms with Gasteiger partial charge in [-0.1, -0.05) is 19.1 Å². The van der Waals surface area contributed by atoms with Crippen molar-refractivity contribution in [3.8, 4) is 0 Å². The van der Waals surface area contributed by atoms with Crippen molar-refractivity contribution in [3.63, 3.8) is 0 Å². The highest BCUT2D eigenvalue weighted by Crippen LogP contribution is 2.26. The molecule has 0 radical (unpaired) electrons. The summed E-state index contributed by atoms with van der Waals surface area (Å²) in [6, 6.07) is 6.58. The summed E-state index contributed by atoms with van der Waals surface area (Å²) in [4.78, 5) is 2.51. The fraction of sp³-hybridized carbons (Fsp3) is 0.571. The average Bonchev–Trinajstić information content (AvgIpc) is 2.31. The van der Waals surface area contributed by atoms with E-state index >= 15 is 0 Å². The second-order valence-corrected chi connectivity index (χ2v) is 4.99. The van der Waals surface area contributed by atoms with Crippen molar-refractivity contribution in [3.05, 3.63) is 29.3 Å². The summed E-state index contributed by atoms with van der Waals surface area (Å²) in [7, 11) is 0. The van der Waals surface area contributed by atoms with Crippen LogP contribution in [0.25, 0.3) is 0 Å². The van der Waals surface area contributed by atoms with Crippen LogP contribution in [0, 0.1) is 12.8 Å². The molecular weight excluding hydrogens is 196 g/mol. The van der Waals surface area contributed by atoms with Crippen LogP contribution in [0.5, 0.6) is 0 Å². The molecular formula is C14H22N2. The van der Waals surface area contributed by atoms with Crippen LogP contribution in [-0.2, 0) is 6.54 Å². The minimum atomic E-state index is 0.636. The van der Waals surface area contributed by atoms with Crippen molar-refractivity contribution in [2.75, 3.05) is 18.0 Å². The van der Waals surface area contributed by atoms with Gasteiger partial charge in [-0.25, -0.2) is 0 Å². The van der Waals surface area contributed by atoms with Crippen LogP contribution in [-0.4, -0.2) is 13.1 Å². The lowest BCUT2D eigenvalue weighted by Crippen LogP contribution is -2.33. The highest BCUT2D eigenvalue weighted by atomic mass is 15.1. The molecule has 2 nitrogen and oxygen atoms in total. The third-order valence-corrected chi connectivity index (χ3v) is 3.63. The SMILES string of the molecule is Cc1ccc(CN)cc1N1CCC(C)CC1. The van der Waals surface area contributed by atoms with Crippen molar-refractivity contribution >= 4 is 5.69 Å². The number of rotatable bonds is 2. The lowest BCUT2D eigenvalue weighted by Gasteiger charge is -2.33. The maximum Gasteiger partial charge on any atom is 0.0399 e. The van der Waals surface area contributed by atoms with Crippen molar-refractivity contribution in [1.29, 1.82) is 0 Å². The molecule has 0 bridgehead atoms. The summed E-state index contributed by atoms with van der Waals surface area (Å²) in [6.07, 6.45) is 2.62. The first-order valence-corrected chi connectivity index (χ1v) is 6.25. The van der Waals surface area contributed by atoms with Crippen molar-refractivity contribution < 1.29 is 0 Å². The summed E-state index contributed by atoms with van der Waals surface area (Å²) in [5, 5.41) is 0. The number of hydrogen-bond acceptors (Lipinski definition) is 2. The van der Waals surface area contributed by atoms with E-state index in [4.69, 9.17) is 5.73 Å². The number of aryl methyl sites for hydroxylation is 1. The van der Waals surface area contributed by atoms with Crippen LogP contribution >= 0.6 is 0 Å². The van der Waals surface area contributed by atoms with Gasteiger partial charge in [-0.3, -0.25) is 0 Å². The largest absolute Gasteiger partial charge is 0.371 e. The van der Waals surface area contributed by atoms with E-state index < -0.39 is 0 Å². The smallest absolute Gasteiger partial charge is 0.0399 e. The predicted octanol–water partition coefficient (Wildman–Crippen LogP) is 2.69. The van der Waals surface area contributed by atoms with Crippen LogP contribution in [0.1, 0.15) is 30.9 Å². The van der Waals surface area contributed by atoms with Crippen molar-refractivity contribution in [1.82, 2.24) is 0 Å². The molecule has 88 valence electrons. The lowest BCUT2D eigenvalue weighted by molar-refractivity contribution is 0.438. The van der Waals surface area contributed by atoms with Crippen LogP contribution < -0.4 is 10.6 Å². The van der Waals surface area contributed by atoms with Gasteiger partial charge in [0.1, 0.15) is 0 Å². The molecule has 1 heterocycles. The number of hydrogen-bond donors (Lipinski definition) is 1. The Balaban J connectivity index is 2.19. The Hall–Kier alpha value is -1.02. The minimum absolute atomic E-state index is 0.636. The van der Waals surface area contributed by atoms with E-state index in [1.807, 2.05) is 0 Å². The minimum Gasteiger partial charge on any atom is -0.371 e.